The second-order valence-electron chi connectivity index (χ2n) is 6.93. The molecule has 1 saturated carbocycles. The summed E-state index contributed by atoms with van der Waals surface area (Å²) in [5.74, 6) is 12.6. The van der Waals surface area contributed by atoms with Crippen LogP contribution in [0.4, 0.5) is 10.5 Å². The summed E-state index contributed by atoms with van der Waals surface area (Å²) in [6.07, 6.45) is 2.56. The molecule has 0 aliphatic heterocycles. The Morgan fingerprint density at radius 3 is 2.58 bits per heavy atom. The lowest BCUT2D eigenvalue weighted by Gasteiger charge is -2.21. The van der Waals surface area contributed by atoms with Crippen molar-refractivity contribution in [3.63, 3.8) is 0 Å². The summed E-state index contributed by atoms with van der Waals surface area (Å²) in [6.45, 7) is 6.48. The minimum atomic E-state index is -0.585. The number of nitrogens with zero attached hydrogens (tertiary/aromatic N) is 1. The van der Waals surface area contributed by atoms with Gasteiger partial charge in [0.1, 0.15) is 12.4 Å². The van der Waals surface area contributed by atoms with Gasteiger partial charge >= 0.3 is 6.03 Å². The fourth-order valence-corrected chi connectivity index (χ4v) is 3.23. The van der Waals surface area contributed by atoms with Crippen LogP contribution in [0.1, 0.15) is 46.6 Å². The number of hydrogen-bond donors (Lipinski definition) is 3. The number of ether oxygens (including phenoxy) is 1. The first kappa shape index (κ1) is 18.2. The predicted molar refractivity (Wildman–Crippen MR) is 103 cm³/mol. The topological polar surface area (TPSA) is 93.6 Å². The van der Waals surface area contributed by atoms with E-state index < -0.39 is 6.03 Å². The van der Waals surface area contributed by atoms with E-state index in [1.807, 2.05) is 24.5 Å². The number of urea groups is 1. The Bertz CT molecular complexity index is 831. The number of anilines is 1. The van der Waals surface area contributed by atoms with E-state index in [2.05, 4.69) is 26.0 Å². The van der Waals surface area contributed by atoms with Gasteiger partial charge in [-0.3, -0.25) is 5.43 Å². The van der Waals surface area contributed by atoms with Crippen LogP contribution < -0.4 is 26.9 Å². The summed E-state index contributed by atoms with van der Waals surface area (Å²) in [7, 11) is 0. The van der Waals surface area contributed by atoms with Crippen molar-refractivity contribution in [2.24, 2.45) is 11.7 Å². The number of aryl methyl sites for hydroxylation is 3. The Kier molecular flexibility index (Phi) is 5.15. The van der Waals surface area contributed by atoms with Gasteiger partial charge in [0.25, 0.3) is 0 Å². The summed E-state index contributed by atoms with van der Waals surface area (Å²) in [6, 6.07) is 9.33. The number of nitrogens with two attached hydrogens (primary N) is 2. The molecule has 2 aromatic carbocycles. The van der Waals surface area contributed by atoms with Gasteiger partial charge in [0.15, 0.2) is 0 Å². The van der Waals surface area contributed by atoms with Crippen LogP contribution in [0.5, 0.6) is 5.75 Å². The molecule has 1 aliphatic rings. The number of amides is 2. The Labute approximate surface area is 154 Å². The highest BCUT2D eigenvalue weighted by Gasteiger charge is 2.26. The monoisotopic (exact) mass is 354 g/mol. The standard InChI is InChI=1S/C20H26N4O2/c1-12-5-4-6-18(24(22)20(25)23-21)17(12)11-26-19-10-13(2)16(9-14(19)3)15-7-8-15/h4-6,9-10,15H,7-8,11,21-22H2,1-3H3,(H,23,25). The Hall–Kier alpha value is -2.57. The van der Waals surface area contributed by atoms with Gasteiger partial charge in [-0.2, -0.15) is 0 Å². The zero-order valence-electron chi connectivity index (χ0n) is 15.5. The lowest BCUT2D eigenvalue weighted by molar-refractivity contribution is 0.246. The average molecular weight is 354 g/mol. The van der Waals surface area contributed by atoms with Crippen molar-refractivity contribution >= 4 is 11.7 Å². The van der Waals surface area contributed by atoms with E-state index in [4.69, 9.17) is 16.4 Å². The van der Waals surface area contributed by atoms with Crippen molar-refractivity contribution < 1.29 is 9.53 Å². The second kappa shape index (κ2) is 7.35. The maximum atomic E-state index is 11.8. The van der Waals surface area contributed by atoms with Gasteiger partial charge in [0, 0.05) is 5.56 Å². The Balaban J connectivity index is 1.84. The van der Waals surface area contributed by atoms with E-state index >= 15 is 0 Å². The zero-order chi connectivity index (χ0) is 18.8. The van der Waals surface area contributed by atoms with Crippen LogP contribution in [0.25, 0.3) is 0 Å². The smallest absolute Gasteiger partial charge is 0.350 e. The van der Waals surface area contributed by atoms with Crippen LogP contribution >= 0.6 is 0 Å². The SMILES string of the molecule is Cc1cc(C2CC2)c(C)cc1OCc1c(C)cccc1N(N)C(=O)NN. The second-order valence-corrected chi connectivity index (χ2v) is 6.93. The number of carbonyl (C=O) groups is 1. The molecule has 2 amide bonds. The van der Waals surface area contributed by atoms with Gasteiger partial charge in [0.2, 0.25) is 0 Å². The highest BCUT2D eigenvalue weighted by molar-refractivity contribution is 5.91. The normalized spacial score (nSPS) is 13.4. The van der Waals surface area contributed by atoms with Crippen LogP contribution in [-0.4, -0.2) is 6.03 Å². The summed E-state index contributed by atoms with van der Waals surface area (Å²) in [5, 5.41) is 1.000. The van der Waals surface area contributed by atoms with E-state index in [1.54, 1.807) is 6.07 Å². The first-order valence-corrected chi connectivity index (χ1v) is 8.80. The number of nitrogens with one attached hydrogen (secondary N) is 1. The van der Waals surface area contributed by atoms with Crippen LogP contribution in [0, 0.1) is 20.8 Å². The molecule has 0 spiro atoms. The van der Waals surface area contributed by atoms with Crippen molar-refractivity contribution in [2.45, 2.75) is 46.1 Å². The maximum Gasteiger partial charge on any atom is 0.350 e. The van der Waals surface area contributed by atoms with Gasteiger partial charge in [-0.05, 0) is 73.9 Å². The molecule has 1 aliphatic carbocycles. The lowest BCUT2D eigenvalue weighted by Crippen LogP contribution is -2.48. The number of benzene rings is 2. The molecule has 0 heterocycles. The molecule has 138 valence electrons. The van der Waals surface area contributed by atoms with Gasteiger partial charge in [-0.15, -0.1) is 0 Å². The molecular weight excluding hydrogens is 328 g/mol. The molecule has 0 aromatic heterocycles. The average Bonchev–Trinajstić information content (AvgIpc) is 3.46. The highest BCUT2D eigenvalue weighted by atomic mass is 16.5. The van der Waals surface area contributed by atoms with E-state index in [0.29, 0.717) is 18.2 Å². The van der Waals surface area contributed by atoms with Crippen molar-refractivity contribution in [1.82, 2.24) is 5.43 Å². The fourth-order valence-electron chi connectivity index (χ4n) is 3.23. The first-order chi connectivity index (χ1) is 12.4. The molecule has 1 fully saturated rings. The molecule has 0 bridgehead atoms. The molecule has 3 rings (SSSR count). The van der Waals surface area contributed by atoms with Crippen LogP contribution in [0.2, 0.25) is 0 Å². The summed E-state index contributed by atoms with van der Waals surface area (Å²) < 4.78 is 6.10. The van der Waals surface area contributed by atoms with Crippen molar-refractivity contribution in [3.05, 3.63) is 58.1 Å². The van der Waals surface area contributed by atoms with Crippen molar-refractivity contribution in [1.29, 1.82) is 0 Å². The van der Waals surface area contributed by atoms with Crippen LogP contribution in [-0.2, 0) is 6.61 Å². The fraction of sp³-hybridized carbons (Fsp3) is 0.350. The third-order valence-electron chi connectivity index (χ3n) is 4.94. The van der Waals surface area contributed by atoms with E-state index in [9.17, 15) is 4.79 Å². The molecule has 0 unspecified atom stereocenters. The summed E-state index contributed by atoms with van der Waals surface area (Å²) >= 11 is 0. The molecule has 2 aromatic rings. The number of hydrazine groups is 2. The third kappa shape index (κ3) is 3.66. The van der Waals surface area contributed by atoms with Crippen LogP contribution in [0.15, 0.2) is 30.3 Å². The predicted octanol–water partition coefficient (Wildman–Crippen LogP) is 3.33. The lowest BCUT2D eigenvalue weighted by atomic mass is 10.0. The number of rotatable bonds is 5. The van der Waals surface area contributed by atoms with Gasteiger partial charge in [-0.25, -0.2) is 21.5 Å². The molecule has 26 heavy (non-hydrogen) atoms. The Morgan fingerprint density at radius 2 is 1.92 bits per heavy atom. The van der Waals surface area contributed by atoms with Crippen molar-refractivity contribution in [3.8, 4) is 5.75 Å². The quantitative estimate of drug-likeness (QED) is 0.436. The van der Waals surface area contributed by atoms with Crippen LogP contribution in [0.3, 0.4) is 0 Å². The van der Waals surface area contributed by atoms with E-state index in [0.717, 1.165) is 27.4 Å². The summed E-state index contributed by atoms with van der Waals surface area (Å²) in [4.78, 5) is 11.8. The maximum absolute atomic E-state index is 11.8. The summed E-state index contributed by atoms with van der Waals surface area (Å²) in [5.41, 5.74) is 8.27. The van der Waals surface area contributed by atoms with E-state index in [-0.39, 0.29) is 0 Å². The molecular formula is C20H26N4O2. The molecule has 5 N–H and O–H groups in total. The molecule has 0 saturated heterocycles. The molecule has 0 radical (unpaired) electrons. The van der Waals surface area contributed by atoms with Gasteiger partial charge < -0.3 is 4.74 Å². The molecule has 0 atom stereocenters. The largest absolute Gasteiger partial charge is 0.489 e. The number of carbonyl (C=O) groups excluding carboxylic acids is 1. The Morgan fingerprint density at radius 1 is 1.19 bits per heavy atom. The highest BCUT2D eigenvalue weighted by Crippen LogP contribution is 2.43. The first-order valence-electron chi connectivity index (χ1n) is 8.80. The molecule has 6 heteroatoms. The van der Waals surface area contributed by atoms with Gasteiger partial charge in [-0.1, -0.05) is 18.2 Å². The van der Waals surface area contributed by atoms with E-state index in [1.165, 1.54) is 24.0 Å². The number of hydrogen-bond acceptors (Lipinski definition) is 4. The molecule has 6 nitrogen and oxygen atoms in total. The minimum absolute atomic E-state index is 0.316. The zero-order valence-corrected chi connectivity index (χ0v) is 15.5. The third-order valence-corrected chi connectivity index (χ3v) is 4.94. The van der Waals surface area contributed by atoms with Gasteiger partial charge in [0.05, 0.1) is 5.69 Å². The van der Waals surface area contributed by atoms with Crippen molar-refractivity contribution in [2.75, 3.05) is 5.01 Å². The minimum Gasteiger partial charge on any atom is -0.489 e.